The molecule has 0 saturated carbocycles. The minimum absolute atomic E-state index is 0.113. The number of hydrogen-bond acceptors (Lipinski definition) is 6. The fourth-order valence-electron chi connectivity index (χ4n) is 1.80. The molecule has 21 heavy (non-hydrogen) atoms. The molecule has 7 heteroatoms. The first-order valence-corrected chi connectivity index (χ1v) is 7.13. The van der Waals surface area contributed by atoms with Crippen LogP contribution in [0.3, 0.4) is 0 Å². The van der Waals surface area contributed by atoms with Gasteiger partial charge in [-0.25, -0.2) is 4.39 Å². The van der Waals surface area contributed by atoms with Crippen molar-refractivity contribution in [3.63, 3.8) is 0 Å². The van der Waals surface area contributed by atoms with E-state index in [2.05, 4.69) is 4.98 Å². The summed E-state index contributed by atoms with van der Waals surface area (Å²) in [7, 11) is 0. The van der Waals surface area contributed by atoms with E-state index in [9.17, 15) is 4.39 Å². The Morgan fingerprint density at radius 1 is 1.52 bits per heavy atom. The maximum atomic E-state index is 13.1. The van der Waals surface area contributed by atoms with Gasteiger partial charge in [0.1, 0.15) is 23.7 Å². The SMILES string of the molecule is N#Cc1cc(F)ccc1OC(CC(N)CO)c1cncs1. The van der Waals surface area contributed by atoms with Crippen LogP contribution in [0.4, 0.5) is 4.39 Å². The third-order valence-corrected chi connectivity index (χ3v) is 3.72. The van der Waals surface area contributed by atoms with Crippen LogP contribution in [0.5, 0.6) is 5.75 Å². The quantitative estimate of drug-likeness (QED) is 0.851. The van der Waals surface area contributed by atoms with Gasteiger partial charge in [-0.3, -0.25) is 4.98 Å². The highest BCUT2D eigenvalue weighted by Gasteiger charge is 2.20. The van der Waals surface area contributed by atoms with E-state index in [4.69, 9.17) is 20.8 Å². The Labute approximate surface area is 125 Å². The van der Waals surface area contributed by atoms with Gasteiger partial charge in [-0.2, -0.15) is 5.26 Å². The van der Waals surface area contributed by atoms with Crippen molar-refractivity contribution >= 4 is 11.3 Å². The van der Waals surface area contributed by atoms with Crippen LogP contribution in [0.1, 0.15) is 23.0 Å². The Bertz CT molecular complexity index is 628. The highest BCUT2D eigenvalue weighted by molar-refractivity contribution is 7.09. The van der Waals surface area contributed by atoms with E-state index in [-0.39, 0.29) is 17.9 Å². The number of benzene rings is 1. The third kappa shape index (κ3) is 3.98. The zero-order valence-electron chi connectivity index (χ0n) is 11.1. The van der Waals surface area contributed by atoms with E-state index in [0.717, 1.165) is 10.9 Å². The minimum atomic E-state index is -0.500. The van der Waals surface area contributed by atoms with Crippen LogP contribution in [0, 0.1) is 17.1 Å². The fourth-order valence-corrected chi connectivity index (χ4v) is 2.46. The summed E-state index contributed by atoms with van der Waals surface area (Å²) in [6, 6.07) is 5.19. The first kappa shape index (κ1) is 15.4. The van der Waals surface area contributed by atoms with Crippen molar-refractivity contribution < 1.29 is 14.2 Å². The molecular weight excluding hydrogens is 293 g/mol. The lowest BCUT2D eigenvalue weighted by Gasteiger charge is -2.21. The average Bonchev–Trinajstić information content (AvgIpc) is 3.02. The second-order valence-corrected chi connectivity index (χ2v) is 5.36. The standard InChI is InChI=1S/C14H14FN3O2S/c15-10-1-2-12(9(3-10)5-16)20-13(4-11(17)7-19)14-6-18-8-21-14/h1-3,6,8,11,13,19H,4,7,17H2. The molecule has 0 fully saturated rings. The van der Waals surface area contributed by atoms with Crippen LogP contribution >= 0.6 is 11.3 Å². The maximum absolute atomic E-state index is 13.1. The number of ether oxygens (including phenoxy) is 1. The molecule has 1 aromatic carbocycles. The van der Waals surface area contributed by atoms with Gasteiger partial charge in [-0.1, -0.05) is 0 Å². The summed E-state index contributed by atoms with van der Waals surface area (Å²) in [5.41, 5.74) is 7.53. The number of nitrogens with two attached hydrogens (primary N) is 1. The van der Waals surface area contributed by atoms with E-state index in [1.807, 2.05) is 6.07 Å². The molecular formula is C14H14FN3O2S. The van der Waals surface area contributed by atoms with Crippen molar-refractivity contribution in [3.8, 4) is 11.8 Å². The van der Waals surface area contributed by atoms with E-state index < -0.39 is 18.0 Å². The van der Waals surface area contributed by atoms with Crippen LogP contribution < -0.4 is 10.5 Å². The molecule has 0 aliphatic rings. The summed E-state index contributed by atoms with van der Waals surface area (Å²) in [6.07, 6.45) is 1.56. The van der Waals surface area contributed by atoms with Crippen LogP contribution in [0.15, 0.2) is 29.9 Å². The number of hydrogen-bond donors (Lipinski definition) is 2. The molecule has 0 radical (unpaired) electrons. The van der Waals surface area contributed by atoms with Gasteiger partial charge in [0.25, 0.3) is 0 Å². The maximum Gasteiger partial charge on any atom is 0.138 e. The molecule has 1 heterocycles. The molecule has 0 aliphatic carbocycles. The lowest BCUT2D eigenvalue weighted by molar-refractivity contribution is 0.164. The Morgan fingerprint density at radius 2 is 2.33 bits per heavy atom. The molecule has 2 aromatic rings. The lowest BCUT2D eigenvalue weighted by atomic mass is 10.1. The zero-order valence-corrected chi connectivity index (χ0v) is 11.9. The molecule has 3 N–H and O–H groups in total. The van der Waals surface area contributed by atoms with E-state index in [1.165, 1.54) is 23.5 Å². The summed E-state index contributed by atoms with van der Waals surface area (Å²) in [4.78, 5) is 4.81. The van der Waals surface area contributed by atoms with Crippen LogP contribution in [0.2, 0.25) is 0 Å². The predicted octanol–water partition coefficient (Wildman–Crippen LogP) is 1.98. The Balaban J connectivity index is 2.25. The normalized spacial score (nSPS) is 13.4. The Kier molecular flexibility index (Phi) is 5.22. The average molecular weight is 307 g/mol. The first-order valence-electron chi connectivity index (χ1n) is 6.25. The van der Waals surface area contributed by atoms with E-state index in [1.54, 1.807) is 11.7 Å². The second-order valence-electron chi connectivity index (χ2n) is 4.44. The largest absolute Gasteiger partial charge is 0.483 e. The summed E-state index contributed by atoms with van der Waals surface area (Å²) >= 11 is 1.39. The van der Waals surface area contributed by atoms with Gasteiger partial charge in [-0.15, -0.1) is 11.3 Å². The van der Waals surface area contributed by atoms with Gasteiger partial charge < -0.3 is 15.6 Å². The summed E-state index contributed by atoms with van der Waals surface area (Å²) in [5, 5.41) is 18.1. The van der Waals surface area contributed by atoms with Crippen LogP contribution in [0.25, 0.3) is 0 Å². The highest BCUT2D eigenvalue weighted by Crippen LogP contribution is 2.30. The molecule has 2 rings (SSSR count). The van der Waals surface area contributed by atoms with Crippen LogP contribution in [-0.2, 0) is 0 Å². The summed E-state index contributed by atoms with van der Waals surface area (Å²) in [6.45, 7) is -0.173. The number of aromatic nitrogens is 1. The number of rotatable bonds is 6. The molecule has 2 atom stereocenters. The van der Waals surface area contributed by atoms with Gasteiger partial charge in [0.15, 0.2) is 0 Å². The smallest absolute Gasteiger partial charge is 0.138 e. The molecule has 1 aromatic heterocycles. The summed E-state index contributed by atoms with van der Waals surface area (Å²) in [5.74, 6) is -0.220. The number of aliphatic hydroxyl groups excluding tert-OH is 1. The topological polar surface area (TPSA) is 92.2 Å². The van der Waals surface area contributed by atoms with E-state index in [0.29, 0.717) is 6.42 Å². The molecule has 0 amide bonds. The molecule has 0 aliphatic heterocycles. The number of nitrogens with zero attached hydrogens (tertiary/aromatic N) is 2. The van der Waals surface area contributed by atoms with Crippen molar-refractivity contribution in [2.45, 2.75) is 18.6 Å². The fraction of sp³-hybridized carbons (Fsp3) is 0.286. The van der Waals surface area contributed by atoms with Crippen molar-refractivity contribution in [1.82, 2.24) is 4.98 Å². The van der Waals surface area contributed by atoms with Crippen molar-refractivity contribution in [2.24, 2.45) is 5.73 Å². The summed E-state index contributed by atoms with van der Waals surface area (Å²) < 4.78 is 18.9. The minimum Gasteiger partial charge on any atom is -0.483 e. The van der Waals surface area contributed by atoms with E-state index >= 15 is 0 Å². The van der Waals surface area contributed by atoms with Gasteiger partial charge in [0, 0.05) is 18.7 Å². The highest BCUT2D eigenvalue weighted by atomic mass is 32.1. The molecule has 2 unspecified atom stereocenters. The van der Waals surface area contributed by atoms with Crippen molar-refractivity contribution in [2.75, 3.05) is 6.61 Å². The van der Waals surface area contributed by atoms with Gasteiger partial charge in [-0.05, 0) is 18.2 Å². The molecule has 0 spiro atoms. The van der Waals surface area contributed by atoms with Gasteiger partial charge in [0.2, 0.25) is 0 Å². The Hall–Kier alpha value is -2.01. The third-order valence-electron chi connectivity index (χ3n) is 2.85. The predicted molar refractivity (Wildman–Crippen MR) is 76.3 cm³/mol. The molecule has 0 saturated heterocycles. The number of nitriles is 1. The number of aliphatic hydroxyl groups is 1. The Morgan fingerprint density at radius 3 is 2.95 bits per heavy atom. The monoisotopic (exact) mass is 307 g/mol. The molecule has 5 nitrogen and oxygen atoms in total. The molecule has 110 valence electrons. The second kappa shape index (κ2) is 7.13. The van der Waals surface area contributed by atoms with Crippen molar-refractivity contribution in [3.05, 3.63) is 46.2 Å². The van der Waals surface area contributed by atoms with Gasteiger partial charge in [0.05, 0.1) is 22.6 Å². The molecule has 0 bridgehead atoms. The van der Waals surface area contributed by atoms with Gasteiger partial charge >= 0.3 is 0 Å². The zero-order chi connectivity index (χ0) is 15.2. The van der Waals surface area contributed by atoms with Crippen LogP contribution in [-0.4, -0.2) is 22.7 Å². The number of thiazole rings is 1. The van der Waals surface area contributed by atoms with Crippen molar-refractivity contribution in [1.29, 1.82) is 5.26 Å². The first-order chi connectivity index (χ1) is 10.1. The lowest BCUT2D eigenvalue weighted by Crippen LogP contribution is -2.28. The number of halogens is 1.